The number of amides is 2. The minimum absolute atomic E-state index is 0.0601. The zero-order chi connectivity index (χ0) is 20.5. The van der Waals surface area contributed by atoms with Crippen molar-refractivity contribution < 1.29 is 24.2 Å². The summed E-state index contributed by atoms with van der Waals surface area (Å²) < 4.78 is 5.12. The lowest BCUT2D eigenvalue weighted by atomic mass is 10.1. The van der Waals surface area contributed by atoms with Gasteiger partial charge in [-0.1, -0.05) is 12.1 Å². The van der Waals surface area contributed by atoms with Crippen LogP contribution in [0.15, 0.2) is 48.5 Å². The third-order valence-electron chi connectivity index (χ3n) is 4.16. The van der Waals surface area contributed by atoms with Crippen molar-refractivity contribution in [1.29, 1.82) is 0 Å². The van der Waals surface area contributed by atoms with Crippen LogP contribution in [-0.2, 0) is 11.3 Å². The molecule has 0 aromatic heterocycles. The second kappa shape index (κ2) is 10.1. The van der Waals surface area contributed by atoms with Crippen LogP contribution in [0.2, 0.25) is 0 Å². The van der Waals surface area contributed by atoms with Crippen molar-refractivity contribution in [2.24, 2.45) is 0 Å². The molecule has 0 saturated carbocycles. The molecule has 2 N–H and O–H groups in total. The quantitative estimate of drug-likeness (QED) is 0.693. The highest BCUT2D eigenvalue weighted by atomic mass is 16.5. The van der Waals surface area contributed by atoms with Gasteiger partial charge in [-0.15, -0.1) is 0 Å². The number of nitrogens with zero attached hydrogens (tertiary/aromatic N) is 1. The van der Waals surface area contributed by atoms with Crippen molar-refractivity contribution in [3.8, 4) is 5.75 Å². The Morgan fingerprint density at radius 1 is 1.00 bits per heavy atom. The van der Waals surface area contributed by atoms with Gasteiger partial charge in [-0.05, 0) is 55.8 Å². The molecule has 0 unspecified atom stereocenters. The molecule has 148 valence electrons. The Kier molecular flexibility index (Phi) is 7.56. The number of nitrogens with one attached hydrogen (secondary N) is 1. The molecule has 2 aromatic rings. The van der Waals surface area contributed by atoms with Crippen molar-refractivity contribution in [2.75, 3.05) is 19.7 Å². The minimum Gasteiger partial charge on any atom is -0.482 e. The highest BCUT2D eigenvalue weighted by molar-refractivity contribution is 5.97. The molecule has 0 atom stereocenters. The lowest BCUT2D eigenvalue weighted by Gasteiger charge is -2.18. The zero-order valence-electron chi connectivity index (χ0n) is 16.0. The van der Waals surface area contributed by atoms with Crippen molar-refractivity contribution >= 4 is 17.8 Å². The lowest BCUT2D eigenvalue weighted by molar-refractivity contribution is -0.139. The topological polar surface area (TPSA) is 95.9 Å². The summed E-state index contributed by atoms with van der Waals surface area (Å²) in [6.45, 7) is 4.95. The van der Waals surface area contributed by atoms with Crippen LogP contribution in [0.25, 0.3) is 0 Å². The third-order valence-corrected chi connectivity index (χ3v) is 4.16. The molecule has 28 heavy (non-hydrogen) atoms. The number of ether oxygens (including phenoxy) is 1. The monoisotopic (exact) mass is 384 g/mol. The van der Waals surface area contributed by atoms with E-state index < -0.39 is 12.6 Å². The molecular weight excluding hydrogens is 360 g/mol. The first-order valence-corrected chi connectivity index (χ1v) is 9.05. The maximum atomic E-state index is 12.3. The molecule has 2 amide bonds. The lowest BCUT2D eigenvalue weighted by Crippen LogP contribution is -2.30. The standard InChI is InChI=1S/C21H24N2O5/c1-3-23(4-2)21(27)17-10-8-16(9-11-17)20(26)22-13-15-6-5-7-18(12-15)28-14-19(24)25/h5-12H,3-4,13-14H2,1-2H3,(H,22,26)(H,24,25). The smallest absolute Gasteiger partial charge is 0.341 e. The number of carbonyl (C=O) groups is 3. The third kappa shape index (κ3) is 5.84. The molecule has 0 radical (unpaired) electrons. The molecule has 2 aromatic carbocycles. The Morgan fingerprint density at radius 3 is 2.25 bits per heavy atom. The van der Waals surface area contributed by atoms with Gasteiger partial charge in [-0.3, -0.25) is 9.59 Å². The van der Waals surface area contributed by atoms with Crippen LogP contribution in [0, 0.1) is 0 Å². The fraction of sp³-hybridized carbons (Fsp3) is 0.286. The summed E-state index contributed by atoms with van der Waals surface area (Å²) in [7, 11) is 0. The number of carboxylic acid groups (broad SMARTS) is 1. The zero-order valence-corrected chi connectivity index (χ0v) is 16.0. The maximum Gasteiger partial charge on any atom is 0.341 e. The van der Waals surface area contributed by atoms with Gasteiger partial charge in [-0.2, -0.15) is 0 Å². The Hall–Kier alpha value is -3.35. The van der Waals surface area contributed by atoms with Gasteiger partial charge in [0, 0.05) is 30.8 Å². The Bertz CT molecular complexity index is 829. The fourth-order valence-corrected chi connectivity index (χ4v) is 2.63. The van der Waals surface area contributed by atoms with Crippen molar-refractivity contribution in [3.05, 3.63) is 65.2 Å². The van der Waals surface area contributed by atoms with Gasteiger partial charge in [-0.25, -0.2) is 4.79 Å². The predicted octanol–water partition coefficient (Wildman–Crippen LogP) is 2.56. The van der Waals surface area contributed by atoms with E-state index in [1.165, 1.54) is 0 Å². The summed E-state index contributed by atoms with van der Waals surface area (Å²) in [6, 6.07) is 13.4. The molecule has 0 aliphatic carbocycles. The van der Waals surface area contributed by atoms with Crippen molar-refractivity contribution in [3.63, 3.8) is 0 Å². The molecule has 0 fully saturated rings. The molecule has 0 heterocycles. The van der Waals surface area contributed by atoms with E-state index in [0.717, 1.165) is 5.56 Å². The van der Waals surface area contributed by atoms with Crippen LogP contribution in [0.1, 0.15) is 40.1 Å². The second-order valence-electron chi connectivity index (χ2n) is 6.07. The van der Waals surface area contributed by atoms with Gasteiger partial charge in [0.15, 0.2) is 6.61 Å². The largest absolute Gasteiger partial charge is 0.482 e. The number of benzene rings is 2. The average molecular weight is 384 g/mol. The van der Waals surface area contributed by atoms with Gasteiger partial charge in [0.05, 0.1) is 0 Å². The van der Waals surface area contributed by atoms with Crippen LogP contribution < -0.4 is 10.1 Å². The highest BCUT2D eigenvalue weighted by Crippen LogP contribution is 2.14. The van der Waals surface area contributed by atoms with E-state index in [4.69, 9.17) is 9.84 Å². The Morgan fingerprint density at radius 2 is 1.64 bits per heavy atom. The first kappa shape index (κ1) is 21.0. The van der Waals surface area contributed by atoms with Gasteiger partial charge in [0.25, 0.3) is 11.8 Å². The van der Waals surface area contributed by atoms with E-state index in [9.17, 15) is 14.4 Å². The van der Waals surface area contributed by atoms with Crippen molar-refractivity contribution in [1.82, 2.24) is 10.2 Å². The van der Waals surface area contributed by atoms with Crippen LogP contribution in [-0.4, -0.2) is 47.5 Å². The fourth-order valence-electron chi connectivity index (χ4n) is 2.63. The molecule has 0 spiro atoms. The number of hydrogen-bond acceptors (Lipinski definition) is 4. The molecule has 0 saturated heterocycles. The molecule has 0 aliphatic heterocycles. The maximum absolute atomic E-state index is 12.3. The van der Waals surface area contributed by atoms with Crippen LogP contribution in [0.4, 0.5) is 0 Å². The Balaban J connectivity index is 1.95. The summed E-state index contributed by atoms with van der Waals surface area (Å²) in [6.07, 6.45) is 0. The number of carboxylic acids is 1. The minimum atomic E-state index is -1.05. The SMILES string of the molecule is CCN(CC)C(=O)c1ccc(C(=O)NCc2cccc(OCC(=O)O)c2)cc1. The summed E-state index contributed by atoms with van der Waals surface area (Å²) in [5, 5.41) is 11.4. The number of aliphatic carboxylic acids is 1. The van der Waals surface area contributed by atoms with Crippen molar-refractivity contribution in [2.45, 2.75) is 20.4 Å². The number of hydrogen-bond donors (Lipinski definition) is 2. The second-order valence-corrected chi connectivity index (χ2v) is 6.07. The van der Waals surface area contributed by atoms with Crippen LogP contribution >= 0.6 is 0 Å². The van der Waals surface area contributed by atoms with Gasteiger partial charge in [0.2, 0.25) is 0 Å². The van der Waals surface area contributed by atoms with E-state index in [1.54, 1.807) is 53.4 Å². The molecule has 7 nitrogen and oxygen atoms in total. The molecule has 7 heteroatoms. The van der Waals surface area contributed by atoms with E-state index in [-0.39, 0.29) is 18.4 Å². The predicted molar refractivity (Wildman–Crippen MR) is 104 cm³/mol. The summed E-state index contributed by atoms with van der Waals surface area (Å²) in [4.78, 5) is 36.9. The molecule has 0 bridgehead atoms. The van der Waals surface area contributed by atoms with Gasteiger partial charge in [0.1, 0.15) is 5.75 Å². The van der Waals surface area contributed by atoms with E-state index in [0.29, 0.717) is 30.0 Å². The summed E-state index contributed by atoms with van der Waals surface area (Å²) in [5.74, 6) is -0.955. The normalized spacial score (nSPS) is 10.2. The van der Waals surface area contributed by atoms with E-state index in [1.807, 2.05) is 13.8 Å². The van der Waals surface area contributed by atoms with Crippen LogP contribution in [0.5, 0.6) is 5.75 Å². The summed E-state index contributed by atoms with van der Waals surface area (Å²) >= 11 is 0. The van der Waals surface area contributed by atoms with Gasteiger partial charge >= 0.3 is 5.97 Å². The van der Waals surface area contributed by atoms with E-state index in [2.05, 4.69) is 5.32 Å². The summed E-state index contributed by atoms with van der Waals surface area (Å²) in [5.41, 5.74) is 1.78. The first-order chi connectivity index (χ1) is 13.4. The molecular formula is C21H24N2O5. The van der Waals surface area contributed by atoms with E-state index >= 15 is 0 Å². The number of rotatable bonds is 9. The first-order valence-electron chi connectivity index (χ1n) is 9.05. The number of carbonyl (C=O) groups excluding carboxylic acids is 2. The molecule has 0 aliphatic rings. The molecule has 2 rings (SSSR count). The Labute approximate surface area is 163 Å². The van der Waals surface area contributed by atoms with Crippen LogP contribution in [0.3, 0.4) is 0 Å². The highest BCUT2D eigenvalue weighted by Gasteiger charge is 2.13. The van der Waals surface area contributed by atoms with Gasteiger partial charge < -0.3 is 20.1 Å². The average Bonchev–Trinajstić information content (AvgIpc) is 2.71.